The predicted octanol–water partition coefficient (Wildman–Crippen LogP) is 3.88. The molecule has 3 aromatic carbocycles. The molecule has 0 heterocycles. The molecule has 0 radical (unpaired) electrons. The highest BCUT2D eigenvalue weighted by molar-refractivity contribution is 6.30. The molecule has 0 bridgehead atoms. The Morgan fingerprint density at radius 3 is 2.28 bits per heavy atom. The molecule has 5 nitrogen and oxygen atoms in total. The summed E-state index contributed by atoms with van der Waals surface area (Å²) in [5.74, 6) is -1.70. The van der Waals surface area contributed by atoms with Crippen molar-refractivity contribution < 1.29 is 24.2 Å². The number of benzene rings is 3. The molecule has 142 valence electrons. The number of phenols is 1. The lowest BCUT2D eigenvalue weighted by Gasteiger charge is -2.20. The third kappa shape index (κ3) is 2.74. The first-order chi connectivity index (χ1) is 14.1. The van der Waals surface area contributed by atoms with Crippen molar-refractivity contribution >= 4 is 17.5 Å². The Labute approximate surface area is 166 Å². The molecule has 2 aliphatic carbocycles. The van der Waals surface area contributed by atoms with Gasteiger partial charge in [-0.1, -0.05) is 54.6 Å². The number of rotatable bonds is 3. The Hall–Kier alpha value is -3.73. The number of esters is 1. The highest BCUT2D eigenvalue weighted by Crippen LogP contribution is 2.48. The summed E-state index contributed by atoms with van der Waals surface area (Å²) in [6.07, 6.45) is 0.689. The fourth-order valence-electron chi connectivity index (χ4n) is 3.99. The van der Waals surface area contributed by atoms with Gasteiger partial charge in [-0.05, 0) is 30.0 Å². The Morgan fingerprint density at radius 1 is 0.828 bits per heavy atom. The number of phenolic OH excluding ortho intramolecular Hbond substituents is 1. The number of ketones is 2. The van der Waals surface area contributed by atoms with Crippen molar-refractivity contribution in [1.29, 1.82) is 0 Å². The second kappa shape index (κ2) is 6.41. The summed E-state index contributed by atoms with van der Waals surface area (Å²) < 4.78 is 5.57. The van der Waals surface area contributed by atoms with Crippen LogP contribution in [0.1, 0.15) is 49.7 Å². The van der Waals surface area contributed by atoms with Crippen molar-refractivity contribution in [2.24, 2.45) is 5.92 Å². The summed E-state index contributed by atoms with van der Waals surface area (Å²) in [6, 6.07) is 18.7. The first-order valence-corrected chi connectivity index (χ1v) is 9.37. The summed E-state index contributed by atoms with van der Waals surface area (Å²) >= 11 is 0. The van der Waals surface area contributed by atoms with Gasteiger partial charge in [0, 0.05) is 11.1 Å². The lowest BCUT2D eigenvalue weighted by molar-refractivity contribution is -0.135. The molecule has 5 heteroatoms. The maximum atomic E-state index is 13.0. The van der Waals surface area contributed by atoms with E-state index < -0.39 is 11.8 Å². The van der Waals surface area contributed by atoms with Crippen molar-refractivity contribution in [2.75, 3.05) is 0 Å². The van der Waals surface area contributed by atoms with Crippen LogP contribution in [-0.4, -0.2) is 22.6 Å². The number of ether oxygens (including phenoxy) is 1. The van der Waals surface area contributed by atoms with Crippen molar-refractivity contribution in [3.05, 3.63) is 94.5 Å². The van der Waals surface area contributed by atoms with Crippen LogP contribution in [0.25, 0.3) is 0 Å². The van der Waals surface area contributed by atoms with E-state index in [2.05, 4.69) is 0 Å². The average molecular weight is 384 g/mol. The number of carbonyl (C=O) groups excluding carboxylic acids is 3. The van der Waals surface area contributed by atoms with Crippen molar-refractivity contribution in [1.82, 2.24) is 0 Å². The highest BCUT2D eigenvalue weighted by Gasteiger charge is 2.46. The SMILES string of the molecule is O=C1c2cccc(O)c2C(=O)c2c(OC(=O)[C@H]3C[C@@H]3c3ccccc3)cccc21. The molecule has 5 rings (SSSR count). The topological polar surface area (TPSA) is 80.7 Å². The molecule has 0 saturated heterocycles. The Balaban J connectivity index is 1.47. The number of aromatic hydroxyl groups is 1. The van der Waals surface area contributed by atoms with E-state index in [1.54, 1.807) is 6.07 Å². The second-order valence-electron chi connectivity index (χ2n) is 7.32. The monoisotopic (exact) mass is 384 g/mol. The highest BCUT2D eigenvalue weighted by atomic mass is 16.5. The predicted molar refractivity (Wildman–Crippen MR) is 104 cm³/mol. The Morgan fingerprint density at radius 2 is 1.52 bits per heavy atom. The van der Waals surface area contributed by atoms with Crippen LogP contribution in [0, 0.1) is 5.92 Å². The molecule has 1 N–H and O–H groups in total. The summed E-state index contributed by atoms with van der Waals surface area (Å²) in [5, 5.41) is 10.1. The maximum Gasteiger partial charge on any atom is 0.314 e. The molecular weight excluding hydrogens is 368 g/mol. The zero-order chi connectivity index (χ0) is 20.1. The minimum absolute atomic E-state index is 0.0248. The number of fused-ring (bicyclic) bond motifs is 2. The fraction of sp³-hybridized carbons (Fsp3) is 0.125. The van der Waals surface area contributed by atoms with Crippen molar-refractivity contribution in [3.8, 4) is 11.5 Å². The average Bonchev–Trinajstić information content (AvgIpc) is 3.53. The van der Waals surface area contributed by atoms with Crippen LogP contribution in [0.4, 0.5) is 0 Å². The van der Waals surface area contributed by atoms with Crippen LogP contribution < -0.4 is 4.74 Å². The summed E-state index contributed by atoms with van der Waals surface area (Å²) in [4.78, 5) is 38.5. The lowest BCUT2D eigenvalue weighted by atomic mass is 9.83. The van der Waals surface area contributed by atoms with Crippen LogP contribution in [0.2, 0.25) is 0 Å². The third-order valence-electron chi connectivity index (χ3n) is 5.54. The zero-order valence-electron chi connectivity index (χ0n) is 15.3. The summed E-state index contributed by atoms with van der Waals surface area (Å²) in [5.41, 5.74) is 1.37. The molecule has 0 spiro atoms. The third-order valence-corrected chi connectivity index (χ3v) is 5.54. The van der Waals surface area contributed by atoms with Gasteiger partial charge in [0.25, 0.3) is 0 Å². The lowest BCUT2D eigenvalue weighted by Crippen LogP contribution is -2.23. The van der Waals surface area contributed by atoms with Gasteiger partial charge < -0.3 is 9.84 Å². The molecule has 2 aliphatic rings. The Kier molecular flexibility index (Phi) is 3.84. The van der Waals surface area contributed by atoms with E-state index in [0.717, 1.165) is 5.56 Å². The van der Waals surface area contributed by atoms with Gasteiger partial charge in [-0.15, -0.1) is 0 Å². The van der Waals surface area contributed by atoms with Gasteiger partial charge in [-0.3, -0.25) is 14.4 Å². The van der Waals surface area contributed by atoms with Crippen LogP contribution in [0.5, 0.6) is 11.5 Å². The van der Waals surface area contributed by atoms with E-state index in [1.807, 2.05) is 30.3 Å². The van der Waals surface area contributed by atoms with Crippen molar-refractivity contribution in [2.45, 2.75) is 12.3 Å². The minimum Gasteiger partial charge on any atom is -0.507 e. The van der Waals surface area contributed by atoms with E-state index in [9.17, 15) is 19.5 Å². The Bertz CT molecular complexity index is 1180. The molecule has 0 aromatic heterocycles. The maximum absolute atomic E-state index is 13.0. The van der Waals surface area contributed by atoms with E-state index in [0.29, 0.717) is 6.42 Å². The zero-order valence-corrected chi connectivity index (χ0v) is 15.3. The number of carbonyl (C=O) groups is 3. The molecule has 1 saturated carbocycles. The van der Waals surface area contributed by atoms with Crippen molar-refractivity contribution in [3.63, 3.8) is 0 Å². The molecule has 0 unspecified atom stereocenters. The van der Waals surface area contributed by atoms with Crippen LogP contribution in [0.3, 0.4) is 0 Å². The second-order valence-corrected chi connectivity index (χ2v) is 7.32. The first-order valence-electron chi connectivity index (χ1n) is 9.37. The number of hydrogen-bond acceptors (Lipinski definition) is 5. The normalized spacial score (nSPS) is 19.3. The largest absolute Gasteiger partial charge is 0.507 e. The van der Waals surface area contributed by atoms with Gasteiger partial charge in [0.2, 0.25) is 5.78 Å². The van der Waals surface area contributed by atoms with Gasteiger partial charge in [0.1, 0.15) is 11.5 Å². The molecular formula is C24H16O5. The molecule has 0 aliphatic heterocycles. The number of hydrogen-bond donors (Lipinski definition) is 1. The van der Waals surface area contributed by atoms with Gasteiger partial charge in [-0.2, -0.15) is 0 Å². The van der Waals surface area contributed by atoms with E-state index in [4.69, 9.17) is 4.74 Å². The van der Waals surface area contributed by atoms with Gasteiger partial charge in [-0.25, -0.2) is 0 Å². The molecule has 1 fully saturated rings. The van der Waals surface area contributed by atoms with E-state index in [1.165, 1.54) is 30.3 Å². The first kappa shape index (κ1) is 17.4. The van der Waals surface area contributed by atoms with E-state index >= 15 is 0 Å². The molecule has 3 aromatic rings. The van der Waals surface area contributed by atoms with Gasteiger partial charge in [0.15, 0.2) is 5.78 Å². The fourth-order valence-corrected chi connectivity index (χ4v) is 3.99. The van der Waals surface area contributed by atoms with Crippen LogP contribution >= 0.6 is 0 Å². The summed E-state index contributed by atoms with van der Waals surface area (Å²) in [7, 11) is 0. The molecule has 29 heavy (non-hydrogen) atoms. The van der Waals surface area contributed by atoms with Crippen LogP contribution in [-0.2, 0) is 4.79 Å². The summed E-state index contributed by atoms with van der Waals surface area (Å²) in [6.45, 7) is 0. The smallest absolute Gasteiger partial charge is 0.314 e. The minimum atomic E-state index is -0.522. The quantitative estimate of drug-likeness (QED) is 0.428. The van der Waals surface area contributed by atoms with Gasteiger partial charge >= 0.3 is 5.97 Å². The van der Waals surface area contributed by atoms with Crippen LogP contribution in [0.15, 0.2) is 66.7 Å². The molecule has 2 atom stereocenters. The standard InChI is InChI=1S/C24H16O5/c25-18-10-4-8-14-20(18)23(27)21-15(22(14)26)9-5-11-19(21)29-24(28)17-12-16(17)13-6-2-1-3-7-13/h1-11,16-17,25H,12H2/t16-,17+/m1/s1. The van der Waals surface area contributed by atoms with E-state index in [-0.39, 0.29) is 51.4 Å². The molecule has 0 amide bonds. The van der Waals surface area contributed by atoms with Gasteiger partial charge in [0.05, 0.1) is 17.0 Å².